The Morgan fingerprint density at radius 1 is 1.16 bits per heavy atom. The van der Waals surface area contributed by atoms with Crippen molar-refractivity contribution in [3.8, 4) is 0 Å². The number of pyridine rings is 1. The first kappa shape index (κ1) is 29.6. The maximum Gasteiger partial charge on any atom is 0.433 e. The molecule has 0 unspecified atom stereocenters. The second-order valence-corrected chi connectivity index (χ2v) is 10.6. The number of halogens is 5. The van der Waals surface area contributed by atoms with Gasteiger partial charge in [-0.25, -0.2) is 0 Å². The SMILES string of the molecule is CC(C)=CCN(CC(=O)c1c(Cl)cncc1Cl)C(=O)c1cnn([C@H]2CC[C@](C)(C(=O)O)CC2)c1C(F)(F)F. The summed E-state index contributed by atoms with van der Waals surface area (Å²) in [6, 6.07) is -0.733. The van der Waals surface area contributed by atoms with Gasteiger partial charge in [0.1, 0.15) is 0 Å². The Hall–Kier alpha value is -2.92. The van der Waals surface area contributed by atoms with E-state index in [9.17, 15) is 32.7 Å². The number of carbonyl (C=O) groups excluding carboxylic acids is 2. The highest BCUT2D eigenvalue weighted by atomic mass is 35.5. The van der Waals surface area contributed by atoms with E-state index in [0.717, 1.165) is 21.4 Å². The highest BCUT2D eigenvalue weighted by Crippen LogP contribution is 2.43. The number of nitrogens with zero attached hydrogens (tertiary/aromatic N) is 4. The van der Waals surface area contributed by atoms with Crippen LogP contribution in [0.1, 0.15) is 78.9 Å². The van der Waals surface area contributed by atoms with Crippen LogP contribution in [0.2, 0.25) is 10.0 Å². The summed E-state index contributed by atoms with van der Waals surface area (Å²) in [5, 5.41) is 13.3. The van der Waals surface area contributed by atoms with Crippen LogP contribution in [0.5, 0.6) is 0 Å². The number of carbonyl (C=O) groups is 3. The summed E-state index contributed by atoms with van der Waals surface area (Å²) in [7, 11) is 0. The molecule has 1 fully saturated rings. The summed E-state index contributed by atoms with van der Waals surface area (Å²) in [6.45, 7) is 4.32. The molecule has 2 aromatic heterocycles. The fourth-order valence-corrected chi connectivity index (χ4v) is 4.96. The molecule has 0 spiro atoms. The zero-order valence-corrected chi connectivity index (χ0v) is 22.5. The summed E-state index contributed by atoms with van der Waals surface area (Å²) in [6.07, 6.45) is 0.570. The van der Waals surface area contributed by atoms with E-state index in [4.69, 9.17) is 23.2 Å². The largest absolute Gasteiger partial charge is 0.481 e. The number of hydrogen-bond donors (Lipinski definition) is 1. The number of ketones is 1. The van der Waals surface area contributed by atoms with Gasteiger partial charge in [-0.15, -0.1) is 0 Å². The zero-order valence-electron chi connectivity index (χ0n) is 21.0. The molecule has 2 aromatic rings. The van der Waals surface area contributed by atoms with Gasteiger partial charge in [0.15, 0.2) is 11.5 Å². The van der Waals surface area contributed by atoms with Crippen LogP contribution in [0.3, 0.4) is 0 Å². The summed E-state index contributed by atoms with van der Waals surface area (Å²) in [5.41, 5.74) is -2.27. The summed E-state index contributed by atoms with van der Waals surface area (Å²) in [5.74, 6) is -2.71. The Labute approximate surface area is 227 Å². The molecule has 1 aliphatic carbocycles. The van der Waals surface area contributed by atoms with Crippen LogP contribution in [0.25, 0.3) is 0 Å². The van der Waals surface area contributed by atoms with Gasteiger partial charge >= 0.3 is 12.1 Å². The minimum atomic E-state index is -4.93. The smallest absolute Gasteiger partial charge is 0.433 e. The first-order valence-electron chi connectivity index (χ1n) is 11.8. The van der Waals surface area contributed by atoms with Crippen LogP contribution >= 0.6 is 23.2 Å². The molecular weight excluding hydrogens is 548 g/mol. The number of amides is 1. The molecule has 2 heterocycles. The average Bonchev–Trinajstić information content (AvgIpc) is 3.27. The second kappa shape index (κ2) is 11.4. The van der Waals surface area contributed by atoms with Crippen molar-refractivity contribution >= 4 is 40.9 Å². The molecule has 1 saturated carbocycles. The molecule has 38 heavy (non-hydrogen) atoms. The maximum absolute atomic E-state index is 14.3. The molecule has 0 aliphatic heterocycles. The predicted molar refractivity (Wildman–Crippen MR) is 134 cm³/mol. The van der Waals surface area contributed by atoms with Crippen molar-refractivity contribution in [2.24, 2.45) is 5.41 Å². The fourth-order valence-electron chi connectivity index (χ4n) is 4.39. The number of allylic oxidation sites excluding steroid dienone is 1. The number of Topliss-reactive ketones (excluding diaryl/α,β-unsaturated/α-hetero) is 1. The number of aromatic nitrogens is 3. The predicted octanol–water partition coefficient (Wildman–Crippen LogP) is 6.10. The summed E-state index contributed by atoms with van der Waals surface area (Å²) >= 11 is 12.1. The number of carboxylic acid groups (broad SMARTS) is 1. The van der Waals surface area contributed by atoms with Gasteiger partial charge in [-0.1, -0.05) is 34.9 Å². The molecule has 8 nitrogen and oxygen atoms in total. The van der Waals surface area contributed by atoms with E-state index in [1.165, 1.54) is 12.4 Å². The first-order chi connectivity index (χ1) is 17.7. The van der Waals surface area contributed by atoms with Crippen molar-refractivity contribution in [2.45, 2.75) is 58.7 Å². The van der Waals surface area contributed by atoms with E-state index in [-0.39, 0.29) is 47.8 Å². The van der Waals surface area contributed by atoms with Crippen LogP contribution in [-0.4, -0.2) is 55.5 Å². The minimum absolute atomic E-state index is 0.0495. The molecule has 1 amide bonds. The lowest BCUT2D eigenvalue weighted by Gasteiger charge is -2.34. The fraction of sp³-hybridized carbons (Fsp3) is 0.480. The van der Waals surface area contributed by atoms with Gasteiger partial charge < -0.3 is 10.0 Å². The molecular formula is C25H27Cl2F3N4O4. The van der Waals surface area contributed by atoms with Gasteiger partial charge in [0.25, 0.3) is 5.91 Å². The summed E-state index contributed by atoms with van der Waals surface area (Å²) in [4.78, 5) is 42.8. The van der Waals surface area contributed by atoms with Crippen LogP contribution in [0, 0.1) is 5.41 Å². The molecule has 1 N–H and O–H groups in total. The molecule has 13 heteroatoms. The van der Waals surface area contributed by atoms with Crippen molar-refractivity contribution in [3.63, 3.8) is 0 Å². The number of rotatable bonds is 8. The van der Waals surface area contributed by atoms with E-state index >= 15 is 0 Å². The molecule has 206 valence electrons. The van der Waals surface area contributed by atoms with Gasteiger partial charge in [0, 0.05) is 18.9 Å². The van der Waals surface area contributed by atoms with Crippen molar-refractivity contribution < 1.29 is 32.7 Å². The van der Waals surface area contributed by atoms with Crippen LogP contribution in [0.4, 0.5) is 13.2 Å². The van der Waals surface area contributed by atoms with E-state index in [2.05, 4.69) is 10.1 Å². The highest BCUT2D eigenvalue weighted by Gasteiger charge is 2.45. The van der Waals surface area contributed by atoms with Crippen LogP contribution < -0.4 is 0 Å². The normalized spacial score (nSPS) is 19.6. The van der Waals surface area contributed by atoms with Crippen molar-refractivity contribution in [3.05, 3.63) is 57.1 Å². The van der Waals surface area contributed by atoms with Gasteiger partial charge in [0.05, 0.1) is 45.4 Å². The topological polar surface area (TPSA) is 105 Å². The van der Waals surface area contributed by atoms with Crippen molar-refractivity contribution in [1.29, 1.82) is 0 Å². The van der Waals surface area contributed by atoms with Gasteiger partial charge in [-0.3, -0.25) is 24.0 Å². The second-order valence-electron chi connectivity index (χ2n) is 9.81. The summed E-state index contributed by atoms with van der Waals surface area (Å²) < 4.78 is 43.7. The third kappa shape index (κ3) is 6.37. The molecule has 0 bridgehead atoms. The zero-order chi connectivity index (χ0) is 28.4. The Bertz CT molecular complexity index is 1240. The third-order valence-electron chi connectivity index (χ3n) is 6.69. The molecule has 0 aromatic carbocycles. The minimum Gasteiger partial charge on any atom is -0.481 e. The third-order valence-corrected chi connectivity index (χ3v) is 7.26. The van der Waals surface area contributed by atoms with Crippen LogP contribution in [0.15, 0.2) is 30.2 Å². The number of alkyl halides is 3. The highest BCUT2D eigenvalue weighted by molar-refractivity contribution is 6.39. The lowest BCUT2D eigenvalue weighted by molar-refractivity contribution is -0.152. The monoisotopic (exact) mass is 574 g/mol. The number of aliphatic carboxylic acids is 1. The van der Waals surface area contributed by atoms with Crippen LogP contribution in [-0.2, 0) is 11.0 Å². The molecule has 0 atom stereocenters. The number of carboxylic acids is 1. The van der Waals surface area contributed by atoms with E-state index < -0.39 is 53.1 Å². The van der Waals surface area contributed by atoms with Crippen molar-refractivity contribution in [1.82, 2.24) is 19.7 Å². The Morgan fingerprint density at radius 2 is 1.74 bits per heavy atom. The van der Waals surface area contributed by atoms with Gasteiger partial charge in [-0.05, 0) is 46.5 Å². The van der Waals surface area contributed by atoms with E-state index in [0.29, 0.717) is 0 Å². The van der Waals surface area contributed by atoms with Gasteiger partial charge in [-0.2, -0.15) is 18.3 Å². The van der Waals surface area contributed by atoms with Gasteiger partial charge in [0.2, 0.25) is 0 Å². The molecule has 3 rings (SSSR count). The molecule has 0 radical (unpaired) electrons. The molecule has 1 aliphatic rings. The standard InChI is InChI=1S/C25H27Cl2F3N4O4/c1-14(2)6-9-33(13-19(35)20-17(26)11-31-12-18(20)27)22(36)16-10-32-34(21(16)25(28,29)30)15-4-7-24(3,8-5-15)23(37)38/h6,10-12,15H,4-5,7-9,13H2,1-3H3,(H,37,38)/t15-,24-. The average molecular weight is 575 g/mol. The van der Waals surface area contributed by atoms with Crippen molar-refractivity contribution in [2.75, 3.05) is 13.1 Å². The Kier molecular flexibility index (Phi) is 8.93. The Balaban J connectivity index is 1.97. The lowest BCUT2D eigenvalue weighted by atomic mass is 9.74. The first-order valence-corrected chi connectivity index (χ1v) is 12.5. The molecule has 0 saturated heterocycles. The number of hydrogen-bond acceptors (Lipinski definition) is 5. The maximum atomic E-state index is 14.3. The lowest BCUT2D eigenvalue weighted by Crippen LogP contribution is -2.38. The Morgan fingerprint density at radius 3 is 2.24 bits per heavy atom. The quantitative estimate of drug-likeness (QED) is 0.301. The van der Waals surface area contributed by atoms with E-state index in [1.54, 1.807) is 26.8 Å². The van der Waals surface area contributed by atoms with E-state index in [1.807, 2.05) is 0 Å².